The highest BCUT2D eigenvalue weighted by Gasteiger charge is 2.32. The standard InChI is InChI=1S/C15H27N3O2/c16-12-7-6-11(8-12)15(20)18-13(9-14(17)19)10-4-2-1-3-5-10/h10-13H,1-9,16H2,(H2,17,19)(H,18,20). The van der Waals surface area contributed by atoms with E-state index < -0.39 is 0 Å². The van der Waals surface area contributed by atoms with E-state index in [1.54, 1.807) is 0 Å². The molecule has 2 rings (SSSR count). The average Bonchev–Trinajstić information content (AvgIpc) is 2.85. The Labute approximate surface area is 120 Å². The fraction of sp³-hybridized carbons (Fsp3) is 0.867. The first-order valence-corrected chi connectivity index (χ1v) is 7.90. The van der Waals surface area contributed by atoms with Crippen molar-refractivity contribution in [3.63, 3.8) is 0 Å². The number of amides is 2. The number of carbonyl (C=O) groups is 2. The molecule has 0 aromatic carbocycles. The Hall–Kier alpha value is -1.10. The fourth-order valence-electron chi connectivity index (χ4n) is 3.64. The van der Waals surface area contributed by atoms with Crippen LogP contribution in [0.3, 0.4) is 0 Å². The van der Waals surface area contributed by atoms with Gasteiger partial charge in [-0.3, -0.25) is 9.59 Å². The summed E-state index contributed by atoms with van der Waals surface area (Å²) in [5.74, 6) is 0.151. The lowest BCUT2D eigenvalue weighted by Crippen LogP contribution is -2.45. The molecule has 2 saturated carbocycles. The van der Waals surface area contributed by atoms with Crippen molar-refractivity contribution in [2.75, 3.05) is 0 Å². The Kier molecular flexibility index (Phi) is 5.40. The van der Waals surface area contributed by atoms with E-state index in [9.17, 15) is 9.59 Å². The van der Waals surface area contributed by atoms with Gasteiger partial charge in [-0.05, 0) is 38.0 Å². The van der Waals surface area contributed by atoms with E-state index in [0.29, 0.717) is 5.92 Å². The number of nitrogens with two attached hydrogens (primary N) is 2. The summed E-state index contributed by atoms with van der Waals surface area (Å²) in [7, 11) is 0. The Morgan fingerprint density at radius 1 is 1.10 bits per heavy atom. The minimum Gasteiger partial charge on any atom is -0.370 e. The first-order chi connectivity index (χ1) is 9.56. The molecule has 114 valence electrons. The van der Waals surface area contributed by atoms with Crippen LogP contribution in [0.25, 0.3) is 0 Å². The molecule has 5 heteroatoms. The number of primary amides is 1. The van der Waals surface area contributed by atoms with Crippen LogP contribution < -0.4 is 16.8 Å². The molecule has 5 N–H and O–H groups in total. The van der Waals surface area contributed by atoms with E-state index in [1.165, 1.54) is 19.3 Å². The highest BCUT2D eigenvalue weighted by atomic mass is 16.2. The fourth-order valence-corrected chi connectivity index (χ4v) is 3.64. The molecule has 2 amide bonds. The molecule has 5 nitrogen and oxygen atoms in total. The van der Waals surface area contributed by atoms with Crippen LogP contribution in [0.5, 0.6) is 0 Å². The van der Waals surface area contributed by atoms with Gasteiger partial charge in [-0.25, -0.2) is 0 Å². The van der Waals surface area contributed by atoms with E-state index in [2.05, 4.69) is 5.32 Å². The van der Waals surface area contributed by atoms with Gasteiger partial charge in [0.2, 0.25) is 11.8 Å². The molecule has 0 heterocycles. The van der Waals surface area contributed by atoms with E-state index >= 15 is 0 Å². The summed E-state index contributed by atoms with van der Waals surface area (Å²) in [6.45, 7) is 0. The average molecular weight is 281 g/mol. The lowest BCUT2D eigenvalue weighted by molar-refractivity contribution is -0.126. The minimum atomic E-state index is -0.330. The van der Waals surface area contributed by atoms with Crippen LogP contribution in [0, 0.1) is 11.8 Å². The molecule has 2 fully saturated rings. The van der Waals surface area contributed by atoms with Crippen molar-refractivity contribution < 1.29 is 9.59 Å². The van der Waals surface area contributed by atoms with Crippen molar-refractivity contribution in [2.24, 2.45) is 23.3 Å². The monoisotopic (exact) mass is 281 g/mol. The molecule has 0 radical (unpaired) electrons. The number of hydrogen-bond acceptors (Lipinski definition) is 3. The number of rotatable bonds is 5. The van der Waals surface area contributed by atoms with Crippen LogP contribution in [0.2, 0.25) is 0 Å². The summed E-state index contributed by atoms with van der Waals surface area (Å²) in [5.41, 5.74) is 11.2. The highest BCUT2D eigenvalue weighted by Crippen LogP contribution is 2.29. The summed E-state index contributed by atoms with van der Waals surface area (Å²) >= 11 is 0. The van der Waals surface area contributed by atoms with Crippen LogP contribution >= 0.6 is 0 Å². The van der Waals surface area contributed by atoms with Gasteiger partial charge in [-0.1, -0.05) is 19.3 Å². The lowest BCUT2D eigenvalue weighted by atomic mass is 9.82. The van der Waals surface area contributed by atoms with Gasteiger partial charge < -0.3 is 16.8 Å². The van der Waals surface area contributed by atoms with Gasteiger partial charge in [0, 0.05) is 24.4 Å². The van der Waals surface area contributed by atoms with Crippen LogP contribution in [0.15, 0.2) is 0 Å². The Morgan fingerprint density at radius 2 is 1.80 bits per heavy atom. The smallest absolute Gasteiger partial charge is 0.223 e. The van der Waals surface area contributed by atoms with Crippen molar-refractivity contribution in [3.05, 3.63) is 0 Å². The quantitative estimate of drug-likeness (QED) is 0.702. The molecule has 0 aromatic heterocycles. The first-order valence-electron chi connectivity index (χ1n) is 7.90. The zero-order valence-corrected chi connectivity index (χ0v) is 12.1. The second-order valence-corrected chi connectivity index (χ2v) is 6.45. The van der Waals surface area contributed by atoms with Crippen molar-refractivity contribution in [3.8, 4) is 0 Å². The molecule has 0 saturated heterocycles. The molecular weight excluding hydrogens is 254 g/mol. The summed E-state index contributed by atoms with van der Waals surface area (Å²) in [4.78, 5) is 23.6. The number of carbonyl (C=O) groups excluding carboxylic acids is 2. The van der Waals surface area contributed by atoms with Crippen LogP contribution in [0.4, 0.5) is 0 Å². The van der Waals surface area contributed by atoms with E-state index in [1.807, 2.05) is 0 Å². The van der Waals surface area contributed by atoms with Gasteiger partial charge in [0.1, 0.15) is 0 Å². The van der Waals surface area contributed by atoms with E-state index in [0.717, 1.165) is 32.1 Å². The Balaban J connectivity index is 1.92. The topological polar surface area (TPSA) is 98.2 Å². The molecule has 3 atom stereocenters. The lowest BCUT2D eigenvalue weighted by Gasteiger charge is -2.31. The van der Waals surface area contributed by atoms with E-state index in [4.69, 9.17) is 11.5 Å². The molecule has 2 aliphatic rings. The predicted octanol–water partition coefficient (Wildman–Crippen LogP) is 1.05. The second-order valence-electron chi connectivity index (χ2n) is 6.45. The maximum absolute atomic E-state index is 12.3. The molecule has 0 aromatic rings. The zero-order valence-electron chi connectivity index (χ0n) is 12.1. The Morgan fingerprint density at radius 3 is 2.35 bits per heavy atom. The maximum atomic E-state index is 12.3. The van der Waals surface area contributed by atoms with Gasteiger partial charge in [0.15, 0.2) is 0 Å². The summed E-state index contributed by atoms with van der Waals surface area (Å²) in [6, 6.07) is 0.0622. The third-order valence-corrected chi connectivity index (χ3v) is 4.81. The third-order valence-electron chi connectivity index (χ3n) is 4.81. The molecular formula is C15H27N3O2. The van der Waals surface area contributed by atoms with Crippen LogP contribution in [0.1, 0.15) is 57.8 Å². The first kappa shape index (κ1) is 15.3. The molecule has 20 heavy (non-hydrogen) atoms. The van der Waals surface area contributed by atoms with Gasteiger partial charge in [0.25, 0.3) is 0 Å². The summed E-state index contributed by atoms with van der Waals surface area (Å²) in [5, 5.41) is 3.09. The SMILES string of the molecule is NC(=O)CC(NC(=O)C1CCC(N)C1)C1CCCCC1. The molecule has 0 spiro atoms. The van der Waals surface area contributed by atoms with Crippen LogP contribution in [-0.2, 0) is 9.59 Å². The highest BCUT2D eigenvalue weighted by molar-refractivity contribution is 5.81. The normalized spacial score (nSPS) is 29.1. The largest absolute Gasteiger partial charge is 0.370 e. The molecule has 3 unspecified atom stereocenters. The van der Waals surface area contributed by atoms with Gasteiger partial charge in [-0.2, -0.15) is 0 Å². The Bertz CT molecular complexity index is 353. The summed E-state index contributed by atoms with van der Waals surface area (Å²) < 4.78 is 0. The van der Waals surface area contributed by atoms with Crippen LogP contribution in [-0.4, -0.2) is 23.9 Å². The predicted molar refractivity (Wildman–Crippen MR) is 77.6 cm³/mol. The van der Waals surface area contributed by atoms with Gasteiger partial charge in [0.05, 0.1) is 0 Å². The number of nitrogens with one attached hydrogen (secondary N) is 1. The minimum absolute atomic E-state index is 0.0176. The van der Waals surface area contributed by atoms with Gasteiger partial charge in [-0.15, -0.1) is 0 Å². The third kappa shape index (κ3) is 4.20. The van der Waals surface area contributed by atoms with Crippen molar-refractivity contribution in [2.45, 2.75) is 69.9 Å². The molecule has 0 aliphatic heterocycles. The number of hydrogen-bond donors (Lipinski definition) is 3. The van der Waals surface area contributed by atoms with Crippen molar-refractivity contribution in [1.29, 1.82) is 0 Å². The molecule has 0 bridgehead atoms. The summed E-state index contributed by atoms with van der Waals surface area (Å²) in [6.07, 6.45) is 8.60. The molecule has 2 aliphatic carbocycles. The maximum Gasteiger partial charge on any atom is 0.223 e. The van der Waals surface area contributed by atoms with Crippen molar-refractivity contribution in [1.82, 2.24) is 5.32 Å². The van der Waals surface area contributed by atoms with Gasteiger partial charge >= 0.3 is 0 Å². The zero-order chi connectivity index (χ0) is 14.5. The second kappa shape index (κ2) is 7.07. The van der Waals surface area contributed by atoms with Crippen molar-refractivity contribution >= 4 is 11.8 Å². The van der Waals surface area contributed by atoms with E-state index in [-0.39, 0.29) is 36.2 Å².